The standard InChI is InChI=1S/C18H28N2O4Si/c1-5-12-25(13-6-2,14-7-3)24-18(22)20-19-17(21)23-16-11-9-8-10-15(16)4/h8-11H,5-7,12-14H2,1-4H3/b20-19+. The van der Waals surface area contributed by atoms with Crippen LogP contribution in [-0.4, -0.2) is 20.5 Å². The zero-order valence-corrected chi connectivity index (χ0v) is 16.6. The fraction of sp³-hybridized carbons (Fsp3) is 0.556. The third-order valence-electron chi connectivity index (χ3n) is 3.92. The molecule has 0 spiro atoms. The van der Waals surface area contributed by atoms with Crippen LogP contribution in [0.4, 0.5) is 9.59 Å². The van der Waals surface area contributed by atoms with Gasteiger partial charge in [0.15, 0.2) is 0 Å². The number of azo groups is 1. The number of carbonyl (C=O) groups excluding carboxylic acids is 2. The molecule has 1 aromatic rings. The number of amides is 2. The van der Waals surface area contributed by atoms with Gasteiger partial charge >= 0.3 is 12.2 Å². The highest BCUT2D eigenvalue weighted by Gasteiger charge is 2.36. The largest absolute Gasteiger partial charge is 0.501 e. The number of para-hydroxylation sites is 1. The van der Waals surface area contributed by atoms with Crippen molar-refractivity contribution >= 4 is 20.5 Å². The van der Waals surface area contributed by atoms with E-state index in [4.69, 9.17) is 9.16 Å². The molecule has 0 aliphatic rings. The lowest BCUT2D eigenvalue weighted by Gasteiger charge is -2.29. The van der Waals surface area contributed by atoms with Gasteiger partial charge in [-0.05, 0) is 36.7 Å². The number of nitrogens with zero attached hydrogens (tertiary/aromatic N) is 2. The minimum atomic E-state index is -2.17. The van der Waals surface area contributed by atoms with Crippen LogP contribution < -0.4 is 4.74 Å². The fourth-order valence-electron chi connectivity index (χ4n) is 2.97. The highest BCUT2D eigenvalue weighted by molar-refractivity contribution is 6.75. The first-order valence-electron chi connectivity index (χ1n) is 8.88. The van der Waals surface area contributed by atoms with Crippen LogP contribution in [0.15, 0.2) is 34.5 Å². The first kappa shape index (κ1) is 21.0. The monoisotopic (exact) mass is 364 g/mol. The Bertz CT molecular complexity index is 587. The molecule has 0 atom stereocenters. The van der Waals surface area contributed by atoms with E-state index < -0.39 is 20.5 Å². The quantitative estimate of drug-likeness (QED) is 0.403. The highest BCUT2D eigenvalue weighted by Crippen LogP contribution is 2.28. The summed E-state index contributed by atoms with van der Waals surface area (Å²) in [6.45, 7) is 8.07. The second-order valence-electron chi connectivity index (χ2n) is 6.13. The summed E-state index contributed by atoms with van der Waals surface area (Å²) in [4.78, 5) is 23.8. The maximum Gasteiger partial charge on any atom is 0.458 e. The van der Waals surface area contributed by atoms with Crippen LogP contribution in [-0.2, 0) is 4.43 Å². The third kappa shape index (κ3) is 7.17. The van der Waals surface area contributed by atoms with Gasteiger partial charge in [-0.3, -0.25) is 0 Å². The molecule has 2 amide bonds. The number of benzene rings is 1. The van der Waals surface area contributed by atoms with Crippen LogP contribution in [0.25, 0.3) is 0 Å². The van der Waals surface area contributed by atoms with Crippen molar-refractivity contribution in [2.45, 2.75) is 65.1 Å². The van der Waals surface area contributed by atoms with E-state index in [9.17, 15) is 9.59 Å². The number of hydrogen-bond donors (Lipinski definition) is 0. The van der Waals surface area contributed by atoms with E-state index in [1.807, 2.05) is 19.1 Å². The van der Waals surface area contributed by atoms with Crippen molar-refractivity contribution in [1.29, 1.82) is 0 Å². The van der Waals surface area contributed by atoms with E-state index in [-0.39, 0.29) is 0 Å². The first-order chi connectivity index (χ1) is 12.0. The summed E-state index contributed by atoms with van der Waals surface area (Å²) in [6.07, 6.45) is 1.17. The Morgan fingerprint density at radius 1 is 0.920 bits per heavy atom. The normalized spacial score (nSPS) is 11.5. The summed E-state index contributed by atoms with van der Waals surface area (Å²) >= 11 is 0. The minimum absolute atomic E-state index is 0.395. The Kier molecular flexibility index (Phi) is 9.05. The van der Waals surface area contributed by atoms with Crippen molar-refractivity contribution < 1.29 is 18.8 Å². The molecule has 0 saturated carbocycles. The van der Waals surface area contributed by atoms with E-state index in [2.05, 4.69) is 31.0 Å². The molecule has 0 aromatic heterocycles. The maximum absolute atomic E-state index is 12.1. The van der Waals surface area contributed by atoms with Gasteiger partial charge in [-0.1, -0.05) is 68.5 Å². The third-order valence-corrected chi connectivity index (χ3v) is 8.77. The second kappa shape index (κ2) is 10.8. The van der Waals surface area contributed by atoms with Crippen molar-refractivity contribution in [2.24, 2.45) is 10.2 Å². The number of ether oxygens (including phenoxy) is 1. The van der Waals surface area contributed by atoms with Crippen molar-refractivity contribution in [3.05, 3.63) is 29.8 Å². The molecule has 1 rings (SSSR count). The van der Waals surface area contributed by atoms with E-state index in [0.717, 1.165) is 43.0 Å². The van der Waals surface area contributed by atoms with E-state index in [1.54, 1.807) is 12.1 Å². The molecular formula is C18H28N2O4Si. The summed E-state index contributed by atoms with van der Waals surface area (Å²) < 4.78 is 10.8. The zero-order chi connectivity index (χ0) is 18.7. The van der Waals surface area contributed by atoms with E-state index in [1.165, 1.54) is 0 Å². The average Bonchev–Trinajstić information content (AvgIpc) is 2.56. The van der Waals surface area contributed by atoms with Gasteiger partial charge in [-0.2, -0.15) is 0 Å². The molecule has 25 heavy (non-hydrogen) atoms. The number of rotatable bonds is 8. The lowest BCUT2D eigenvalue weighted by atomic mass is 10.2. The topological polar surface area (TPSA) is 77.3 Å². The zero-order valence-electron chi connectivity index (χ0n) is 15.6. The molecule has 0 heterocycles. The SMILES string of the molecule is CCC[Si](CCC)(CCC)OC(=O)/N=N/C(=O)Oc1ccccc1C. The summed E-state index contributed by atoms with van der Waals surface area (Å²) in [5.74, 6) is 0.395. The van der Waals surface area contributed by atoms with Crippen LogP contribution in [0.2, 0.25) is 18.1 Å². The molecule has 0 aliphatic heterocycles. The molecule has 1 aromatic carbocycles. The van der Waals surface area contributed by atoms with Gasteiger partial charge in [0.1, 0.15) is 5.75 Å². The van der Waals surface area contributed by atoms with E-state index in [0.29, 0.717) is 5.75 Å². The lowest BCUT2D eigenvalue weighted by Crippen LogP contribution is -2.39. The molecule has 6 nitrogen and oxygen atoms in total. The van der Waals surface area contributed by atoms with Gasteiger partial charge in [-0.15, -0.1) is 0 Å². The van der Waals surface area contributed by atoms with Gasteiger partial charge < -0.3 is 9.16 Å². The molecule has 138 valence electrons. The number of aryl methyl sites for hydroxylation is 1. The van der Waals surface area contributed by atoms with Crippen LogP contribution in [0.1, 0.15) is 45.6 Å². The van der Waals surface area contributed by atoms with Crippen LogP contribution in [0.5, 0.6) is 5.75 Å². The van der Waals surface area contributed by atoms with Gasteiger partial charge in [0.25, 0.3) is 8.32 Å². The van der Waals surface area contributed by atoms with Gasteiger partial charge in [0, 0.05) is 0 Å². The number of hydrogen-bond acceptors (Lipinski definition) is 4. The smallest absolute Gasteiger partial charge is 0.458 e. The highest BCUT2D eigenvalue weighted by atomic mass is 28.4. The first-order valence-corrected chi connectivity index (χ1v) is 11.4. The maximum atomic E-state index is 12.1. The molecule has 0 N–H and O–H groups in total. The Morgan fingerprint density at radius 3 is 1.96 bits per heavy atom. The van der Waals surface area contributed by atoms with Crippen molar-refractivity contribution in [1.82, 2.24) is 0 Å². The van der Waals surface area contributed by atoms with Gasteiger partial charge in [0.05, 0.1) is 0 Å². The second-order valence-corrected chi connectivity index (χ2v) is 10.2. The van der Waals surface area contributed by atoms with E-state index >= 15 is 0 Å². The summed E-state index contributed by atoms with van der Waals surface area (Å²) in [5, 5.41) is 6.74. The molecule has 0 aliphatic carbocycles. The van der Waals surface area contributed by atoms with Gasteiger partial charge in [0.2, 0.25) is 0 Å². The lowest BCUT2D eigenvalue weighted by molar-refractivity contribution is 0.198. The predicted molar refractivity (Wildman–Crippen MR) is 99.6 cm³/mol. The Balaban J connectivity index is 2.70. The molecule has 0 bridgehead atoms. The summed E-state index contributed by atoms with van der Waals surface area (Å²) in [5.41, 5.74) is 0.800. The molecular weight excluding hydrogens is 336 g/mol. The van der Waals surface area contributed by atoms with Crippen LogP contribution in [0, 0.1) is 6.92 Å². The molecule has 0 fully saturated rings. The van der Waals surface area contributed by atoms with Crippen LogP contribution >= 0.6 is 0 Å². The van der Waals surface area contributed by atoms with Crippen molar-refractivity contribution in [3.63, 3.8) is 0 Å². The molecule has 0 unspecified atom stereocenters. The van der Waals surface area contributed by atoms with Crippen molar-refractivity contribution in [3.8, 4) is 5.75 Å². The summed E-state index contributed by atoms with van der Waals surface area (Å²) in [6, 6.07) is 9.78. The van der Waals surface area contributed by atoms with Crippen molar-refractivity contribution in [2.75, 3.05) is 0 Å². The Labute approximate surface area is 150 Å². The molecule has 0 radical (unpaired) electrons. The average molecular weight is 365 g/mol. The molecule has 0 saturated heterocycles. The Hall–Kier alpha value is -2.02. The van der Waals surface area contributed by atoms with Crippen LogP contribution in [0.3, 0.4) is 0 Å². The molecule has 7 heteroatoms. The van der Waals surface area contributed by atoms with Gasteiger partial charge in [-0.25, -0.2) is 9.59 Å². The summed E-state index contributed by atoms with van der Waals surface area (Å²) in [7, 11) is -2.17. The predicted octanol–water partition coefficient (Wildman–Crippen LogP) is 6.26. The fourth-order valence-corrected chi connectivity index (χ4v) is 7.17. The Morgan fingerprint density at radius 2 is 1.44 bits per heavy atom. The number of carbonyl (C=O) groups is 2. The minimum Gasteiger partial charge on any atom is -0.501 e.